The van der Waals surface area contributed by atoms with Gasteiger partial charge in [-0.3, -0.25) is 0 Å². The van der Waals surface area contributed by atoms with Crippen molar-refractivity contribution in [2.24, 2.45) is 11.7 Å². The SMILES string of the molecule is CNc1cc2c(cc1C)-c1nc([nH]c1Cl)C(N)CCCC(C)CN2. The number of aryl methyl sites for hydroxylation is 1. The molecule has 5 nitrogen and oxygen atoms in total. The molecule has 2 heterocycles. The van der Waals surface area contributed by atoms with Crippen LogP contribution >= 0.6 is 11.6 Å². The van der Waals surface area contributed by atoms with Crippen LogP contribution in [0.15, 0.2) is 12.1 Å². The van der Waals surface area contributed by atoms with Gasteiger partial charge in [0, 0.05) is 30.5 Å². The first-order valence-electron chi connectivity index (χ1n) is 8.57. The molecule has 24 heavy (non-hydrogen) atoms. The predicted octanol–water partition coefficient (Wildman–Crippen LogP) is 4.31. The number of hydrogen-bond donors (Lipinski definition) is 4. The monoisotopic (exact) mass is 347 g/mol. The summed E-state index contributed by atoms with van der Waals surface area (Å²) in [6.07, 6.45) is 3.14. The lowest BCUT2D eigenvalue weighted by atomic mass is 10.00. The molecule has 2 aromatic rings. The first-order valence-corrected chi connectivity index (χ1v) is 8.95. The maximum absolute atomic E-state index is 6.45. The van der Waals surface area contributed by atoms with Crippen LogP contribution in [0.25, 0.3) is 11.3 Å². The summed E-state index contributed by atoms with van der Waals surface area (Å²) in [6, 6.07) is 4.16. The second kappa shape index (κ2) is 7.03. The number of hydrogen-bond acceptors (Lipinski definition) is 4. The number of aromatic nitrogens is 2. The van der Waals surface area contributed by atoms with Crippen LogP contribution in [0, 0.1) is 12.8 Å². The number of imidazole rings is 1. The van der Waals surface area contributed by atoms with Crippen molar-refractivity contribution < 1.29 is 0 Å². The van der Waals surface area contributed by atoms with E-state index in [0.29, 0.717) is 11.1 Å². The number of nitrogens with zero attached hydrogens (tertiary/aromatic N) is 1. The third-order valence-corrected chi connectivity index (χ3v) is 5.04. The summed E-state index contributed by atoms with van der Waals surface area (Å²) >= 11 is 6.45. The van der Waals surface area contributed by atoms with Gasteiger partial charge < -0.3 is 21.4 Å². The lowest BCUT2D eigenvalue weighted by molar-refractivity contribution is 0.485. The number of nitrogens with one attached hydrogen (secondary N) is 3. The molecule has 0 saturated carbocycles. The van der Waals surface area contributed by atoms with Crippen LogP contribution in [0.5, 0.6) is 0 Å². The van der Waals surface area contributed by atoms with Crippen LogP contribution in [-0.4, -0.2) is 23.6 Å². The zero-order valence-electron chi connectivity index (χ0n) is 14.5. The van der Waals surface area contributed by atoms with Crippen molar-refractivity contribution in [1.82, 2.24) is 9.97 Å². The Morgan fingerprint density at radius 3 is 2.88 bits per heavy atom. The molecule has 130 valence electrons. The van der Waals surface area contributed by atoms with E-state index in [-0.39, 0.29) is 6.04 Å². The molecule has 2 bridgehead atoms. The summed E-state index contributed by atoms with van der Waals surface area (Å²) in [7, 11) is 1.94. The van der Waals surface area contributed by atoms with E-state index in [1.54, 1.807) is 0 Å². The van der Waals surface area contributed by atoms with Crippen molar-refractivity contribution in [3.8, 4) is 11.3 Å². The molecule has 6 heteroatoms. The maximum Gasteiger partial charge on any atom is 0.134 e. The van der Waals surface area contributed by atoms with Crippen LogP contribution in [0.4, 0.5) is 11.4 Å². The first kappa shape index (κ1) is 17.1. The number of aromatic amines is 1. The Balaban J connectivity index is 2.13. The number of H-pyrrole nitrogens is 1. The Morgan fingerprint density at radius 1 is 1.33 bits per heavy atom. The van der Waals surface area contributed by atoms with Crippen LogP contribution < -0.4 is 16.4 Å². The highest BCUT2D eigenvalue weighted by Crippen LogP contribution is 2.37. The highest BCUT2D eigenvalue weighted by Gasteiger charge is 2.20. The number of benzene rings is 1. The molecule has 2 atom stereocenters. The fourth-order valence-electron chi connectivity index (χ4n) is 3.25. The van der Waals surface area contributed by atoms with Gasteiger partial charge in [-0.2, -0.15) is 0 Å². The second-order valence-corrected chi connectivity index (χ2v) is 7.15. The number of fused-ring (bicyclic) bond motifs is 4. The van der Waals surface area contributed by atoms with E-state index >= 15 is 0 Å². The van der Waals surface area contributed by atoms with Gasteiger partial charge in [-0.05, 0) is 43.4 Å². The molecule has 1 aromatic carbocycles. The molecular formula is C18H26ClN5. The van der Waals surface area contributed by atoms with Crippen LogP contribution in [0.3, 0.4) is 0 Å². The van der Waals surface area contributed by atoms with Gasteiger partial charge in [0.1, 0.15) is 16.7 Å². The van der Waals surface area contributed by atoms with Crippen molar-refractivity contribution in [3.05, 3.63) is 28.7 Å². The number of anilines is 2. The van der Waals surface area contributed by atoms with Crippen LogP contribution in [0.2, 0.25) is 5.15 Å². The summed E-state index contributed by atoms with van der Waals surface area (Å²) in [5.74, 6) is 1.35. The average Bonchev–Trinajstić information content (AvgIpc) is 2.94. The maximum atomic E-state index is 6.45. The Hall–Kier alpha value is -1.72. The molecule has 2 unspecified atom stereocenters. The van der Waals surface area contributed by atoms with E-state index in [1.165, 1.54) is 0 Å². The van der Waals surface area contributed by atoms with E-state index in [9.17, 15) is 0 Å². The third kappa shape index (κ3) is 3.37. The molecule has 1 aromatic heterocycles. The van der Waals surface area contributed by atoms with Crippen LogP contribution in [0.1, 0.15) is 43.6 Å². The van der Waals surface area contributed by atoms with Crippen molar-refractivity contribution in [2.45, 2.75) is 39.2 Å². The molecule has 5 N–H and O–H groups in total. The predicted molar refractivity (Wildman–Crippen MR) is 102 cm³/mol. The molecular weight excluding hydrogens is 322 g/mol. The normalized spacial score (nSPS) is 21.2. The summed E-state index contributed by atoms with van der Waals surface area (Å²) in [6.45, 7) is 5.27. The summed E-state index contributed by atoms with van der Waals surface area (Å²) in [4.78, 5) is 7.88. The molecule has 0 saturated heterocycles. The lowest BCUT2D eigenvalue weighted by Gasteiger charge is -2.19. The van der Waals surface area contributed by atoms with Gasteiger partial charge in [-0.1, -0.05) is 24.9 Å². The van der Waals surface area contributed by atoms with Crippen LogP contribution in [-0.2, 0) is 0 Å². The fraction of sp³-hybridized carbons (Fsp3) is 0.500. The number of halogens is 1. The molecule has 0 radical (unpaired) electrons. The highest BCUT2D eigenvalue weighted by molar-refractivity contribution is 6.32. The first-order chi connectivity index (χ1) is 11.5. The van der Waals surface area contributed by atoms with Gasteiger partial charge in [-0.15, -0.1) is 0 Å². The highest BCUT2D eigenvalue weighted by atomic mass is 35.5. The van der Waals surface area contributed by atoms with E-state index in [2.05, 4.69) is 41.6 Å². The molecule has 0 spiro atoms. The largest absolute Gasteiger partial charge is 0.388 e. The van der Waals surface area contributed by atoms with E-state index in [0.717, 1.165) is 59.8 Å². The number of rotatable bonds is 1. The zero-order valence-corrected chi connectivity index (χ0v) is 15.3. The van der Waals surface area contributed by atoms with E-state index in [1.807, 2.05) is 7.05 Å². The van der Waals surface area contributed by atoms with Gasteiger partial charge >= 0.3 is 0 Å². The zero-order chi connectivity index (χ0) is 17.3. The summed E-state index contributed by atoms with van der Waals surface area (Å²) in [5, 5.41) is 7.38. The Morgan fingerprint density at radius 2 is 2.12 bits per heavy atom. The minimum absolute atomic E-state index is 0.100. The second-order valence-electron chi connectivity index (χ2n) is 6.77. The molecule has 0 fully saturated rings. The smallest absolute Gasteiger partial charge is 0.134 e. The molecule has 0 aliphatic carbocycles. The molecule has 0 amide bonds. The fourth-order valence-corrected chi connectivity index (χ4v) is 3.49. The Bertz CT molecular complexity index is 724. The van der Waals surface area contributed by atoms with E-state index in [4.69, 9.17) is 22.3 Å². The van der Waals surface area contributed by atoms with E-state index < -0.39 is 0 Å². The van der Waals surface area contributed by atoms with Crippen molar-refractivity contribution in [2.75, 3.05) is 24.2 Å². The van der Waals surface area contributed by atoms with Crippen molar-refractivity contribution >= 4 is 23.0 Å². The Labute approximate surface area is 148 Å². The van der Waals surface area contributed by atoms with Gasteiger partial charge in [0.2, 0.25) is 0 Å². The quantitative estimate of drug-likeness (QED) is 0.619. The standard InChI is InChI=1S/C18H26ClN5/c1-10-5-4-6-13(20)18-23-16(17(19)24-18)12-7-11(2)14(21-3)8-15(12)22-9-10/h7-8,10,13,21-22H,4-6,9,20H2,1-3H3,(H,23,24). The van der Waals surface area contributed by atoms with Crippen molar-refractivity contribution in [1.29, 1.82) is 0 Å². The summed E-state index contributed by atoms with van der Waals surface area (Å²) in [5.41, 5.74) is 11.4. The number of nitrogens with two attached hydrogens (primary N) is 1. The van der Waals surface area contributed by atoms with Gasteiger partial charge in [0.15, 0.2) is 0 Å². The molecule has 1 aliphatic heterocycles. The van der Waals surface area contributed by atoms with Gasteiger partial charge in [0.05, 0.1) is 6.04 Å². The summed E-state index contributed by atoms with van der Waals surface area (Å²) < 4.78 is 0. The molecule has 1 aliphatic rings. The molecule has 3 rings (SSSR count). The minimum atomic E-state index is -0.100. The van der Waals surface area contributed by atoms with Crippen molar-refractivity contribution in [3.63, 3.8) is 0 Å². The van der Waals surface area contributed by atoms with Gasteiger partial charge in [-0.25, -0.2) is 4.98 Å². The average molecular weight is 348 g/mol. The topological polar surface area (TPSA) is 78.8 Å². The van der Waals surface area contributed by atoms with Gasteiger partial charge in [0.25, 0.3) is 0 Å². The lowest BCUT2D eigenvalue weighted by Crippen LogP contribution is -2.16. The third-order valence-electron chi connectivity index (χ3n) is 4.77. The Kier molecular flexibility index (Phi) is 5.01. The minimum Gasteiger partial charge on any atom is -0.388 e.